The summed E-state index contributed by atoms with van der Waals surface area (Å²) in [7, 11) is 0. The van der Waals surface area contributed by atoms with Crippen LogP contribution in [0.3, 0.4) is 0 Å². The monoisotopic (exact) mass is 384 g/mol. The maximum Gasteiger partial charge on any atom is 0.414 e. The van der Waals surface area contributed by atoms with E-state index in [0.717, 1.165) is 30.5 Å². The van der Waals surface area contributed by atoms with E-state index >= 15 is 0 Å². The number of amides is 2. The topological polar surface area (TPSA) is 49.9 Å². The summed E-state index contributed by atoms with van der Waals surface area (Å²) in [5, 5.41) is 0. The number of ether oxygens (including phenoxy) is 1. The van der Waals surface area contributed by atoms with Gasteiger partial charge >= 0.3 is 6.09 Å². The Morgan fingerprint density at radius 2 is 1.82 bits per heavy atom. The van der Waals surface area contributed by atoms with Gasteiger partial charge in [-0.1, -0.05) is 31.9 Å². The molecule has 2 aromatic rings. The lowest BCUT2D eigenvalue weighted by Gasteiger charge is -2.23. The lowest BCUT2D eigenvalue weighted by Crippen LogP contribution is -2.31. The van der Waals surface area contributed by atoms with Gasteiger partial charge in [-0.05, 0) is 48.4 Å². The first-order chi connectivity index (χ1) is 13.6. The first-order valence-corrected chi connectivity index (χ1v) is 9.66. The normalized spacial score (nSPS) is 13.5. The third-order valence-electron chi connectivity index (χ3n) is 4.79. The fourth-order valence-corrected chi connectivity index (χ4v) is 3.21. The van der Waals surface area contributed by atoms with Crippen LogP contribution in [0.4, 0.5) is 14.9 Å². The van der Waals surface area contributed by atoms with Gasteiger partial charge in [-0.15, -0.1) is 0 Å². The van der Waals surface area contributed by atoms with Crippen LogP contribution in [-0.4, -0.2) is 36.6 Å². The van der Waals surface area contributed by atoms with Crippen LogP contribution < -0.4 is 4.90 Å². The van der Waals surface area contributed by atoms with Crippen LogP contribution >= 0.6 is 0 Å². The van der Waals surface area contributed by atoms with E-state index in [4.69, 9.17) is 4.74 Å². The fourth-order valence-electron chi connectivity index (χ4n) is 3.21. The molecule has 1 aliphatic heterocycles. The van der Waals surface area contributed by atoms with Crippen molar-refractivity contribution in [2.45, 2.75) is 32.7 Å². The first kappa shape index (κ1) is 19.9. The largest absolute Gasteiger partial charge is 0.447 e. The minimum absolute atomic E-state index is 0.0732. The fraction of sp³-hybridized carbons (Fsp3) is 0.364. The number of carbonyl (C=O) groups is 2. The number of hydrogen-bond donors (Lipinski definition) is 0. The zero-order valence-corrected chi connectivity index (χ0v) is 16.1. The van der Waals surface area contributed by atoms with Crippen LogP contribution in [0.1, 0.15) is 42.1 Å². The molecule has 0 unspecified atom stereocenters. The quantitative estimate of drug-likeness (QED) is 0.624. The smallest absolute Gasteiger partial charge is 0.414 e. The molecule has 2 amide bonds. The van der Waals surface area contributed by atoms with Crippen molar-refractivity contribution in [1.29, 1.82) is 0 Å². The van der Waals surface area contributed by atoms with Crippen LogP contribution in [0.5, 0.6) is 0 Å². The van der Waals surface area contributed by atoms with Gasteiger partial charge in [-0.3, -0.25) is 9.69 Å². The van der Waals surface area contributed by atoms with Crippen LogP contribution in [0.15, 0.2) is 48.5 Å². The van der Waals surface area contributed by atoms with Gasteiger partial charge in [-0.2, -0.15) is 0 Å². The second kappa shape index (κ2) is 9.35. The van der Waals surface area contributed by atoms with Gasteiger partial charge in [-0.25, -0.2) is 9.18 Å². The summed E-state index contributed by atoms with van der Waals surface area (Å²) in [6, 6.07) is 13.2. The van der Waals surface area contributed by atoms with Crippen molar-refractivity contribution >= 4 is 17.7 Å². The molecular formula is C22H25FN2O3. The zero-order valence-electron chi connectivity index (χ0n) is 16.1. The van der Waals surface area contributed by atoms with E-state index in [1.165, 1.54) is 12.1 Å². The van der Waals surface area contributed by atoms with E-state index in [9.17, 15) is 14.0 Å². The van der Waals surface area contributed by atoms with E-state index in [1.54, 1.807) is 46.2 Å². The first-order valence-electron chi connectivity index (χ1n) is 9.66. The molecular weight excluding hydrogens is 359 g/mol. The van der Waals surface area contributed by atoms with Gasteiger partial charge < -0.3 is 9.64 Å². The minimum atomic E-state index is -0.364. The van der Waals surface area contributed by atoms with Crippen molar-refractivity contribution in [3.63, 3.8) is 0 Å². The highest BCUT2D eigenvalue weighted by molar-refractivity contribution is 5.95. The molecule has 28 heavy (non-hydrogen) atoms. The van der Waals surface area contributed by atoms with Gasteiger partial charge in [0.2, 0.25) is 0 Å². The van der Waals surface area contributed by atoms with Crippen LogP contribution in [0.2, 0.25) is 0 Å². The molecule has 1 aliphatic rings. The van der Waals surface area contributed by atoms with E-state index in [1.807, 2.05) is 0 Å². The Balaban J connectivity index is 1.73. The molecule has 0 spiro atoms. The summed E-state index contributed by atoms with van der Waals surface area (Å²) in [5.74, 6) is -0.361. The summed E-state index contributed by atoms with van der Waals surface area (Å²) in [4.78, 5) is 28.1. The molecule has 0 aromatic heterocycles. The molecule has 0 atom stereocenters. The standard InChI is InChI=1S/C22H25FN2O3/c1-2-3-4-13-24(16-17-5-9-19(23)10-6-17)21(26)18-7-11-20(12-8-18)25-14-15-28-22(25)27/h5-12H,2-4,13-16H2,1H3. The predicted octanol–water partition coefficient (Wildman–Crippen LogP) is 4.61. The van der Waals surface area contributed by atoms with Crippen molar-refractivity contribution < 1.29 is 18.7 Å². The third kappa shape index (κ3) is 4.88. The molecule has 1 fully saturated rings. The number of unbranched alkanes of at least 4 members (excludes halogenated alkanes) is 2. The number of nitrogens with zero attached hydrogens (tertiary/aromatic N) is 2. The molecule has 2 aromatic carbocycles. The molecule has 0 saturated carbocycles. The summed E-state index contributed by atoms with van der Waals surface area (Å²) < 4.78 is 18.1. The van der Waals surface area contributed by atoms with Gasteiger partial charge in [0, 0.05) is 24.3 Å². The molecule has 3 rings (SSSR count). The number of anilines is 1. The molecule has 0 radical (unpaired) electrons. The molecule has 6 heteroatoms. The van der Waals surface area contributed by atoms with Gasteiger partial charge in [0.15, 0.2) is 0 Å². The molecule has 1 saturated heterocycles. The number of carbonyl (C=O) groups excluding carboxylic acids is 2. The van der Waals surface area contributed by atoms with Crippen LogP contribution in [0.25, 0.3) is 0 Å². The maximum atomic E-state index is 13.2. The summed E-state index contributed by atoms with van der Waals surface area (Å²) in [5.41, 5.74) is 2.17. The lowest BCUT2D eigenvalue weighted by molar-refractivity contribution is 0.0740. The van der Waals surface area contributed by atoms with Crippen molar-refractivity contribution in [2.24, 2.45) is 0 Å². The second-order valence-corrected chi connectivity index (χ2v) is 6.87. The lowest BCUT2D eigenvalue weighted by atomic mass is 10.1. The Kier molecular flexibility index (Phi) is 6.63. The van der Waals surface area contributed by atoms with Crippen LogP contribution in [-0.2, 0) is 11.3 Å². The molecule has 148 valence electrons. The van der Waals surface area contributed by atoms with E-state index < -0.39 is 0 Å². The number of benzene rings is 2. The Hall–Kier alpha value is -2.89. The highest BCUT2D eigenvalue weighted by Crippen LogP contribution is 2.20. The van der Waals surface area contributed by atoms with Gasteiger partial charge in [0.25, 0.3) is 5.91 Å². The highest BCUT2D eigenvalue weighted by atomic mass is 19.1. The molecule has 5 nitrogen and oxygen atoms in total. The SMILES string of the molecule is CCCCCN(Cc1ccc(F)cc1)C(=O)c1ccc(N2CCOC2=O)cc1. The average Bonchev–Trinajstić information content (AvgIpc) is 3.14. The Labute approximate surface area is 164 Å². The Morgan fingerprint density at radius 1 is 1.11 bits per heavy atom. The van der Waals surface area contributed by atoms with Gasteiger partial charge in [0.1, 0.15) is 12.4 Å². The summed E-state index contributed by atoms with van der Waals surface area (Å²) in [6.45, 7) is 4.09. The van der Waals surface area contributed by atoms with Crippen molar-refractivity contribution in [3.05, 3.63) is 65.5 Å². The molecule has 1 heterocycles. The van der Waals surface area contributed by atoms with Crippen molar-refractivity contribution in [3.8, 4) is 0 Å². The number of halogens is 1. The van der Waals surface area contributed by atoms with Crippen LogP contribution in [0, 0.1) is 5.82 Å². The van der Waals surface area contributed by atoms with E-state index in [0.29, 0.717) is 31.8 Å². The van der Waals surface area contributed by atoms with Crippen molar-refractivity contribution in [2.75, 3.05) is 24.6 Å². The average molecular weight is 384 g/mol. The molecule has 0 N–H and O–H groups in total. The second-order valence-electron chi connectivity index (χ2n) is 6.87. The Morgan fingerprint density at radius 3 is 2.43 bits per heavy atom. The molecule has 0 aliphatic carbocycles. The minimum Gasteiger partial charge on any atom is -0.447 e. The Bertz CT molecular complexity index is 806. The summed E-state index contributed by atoms with van der Waals surface area (Å²) in [6.07, 6.45) is 2.67. The van der Waals surface area contributed by atoms with E-state index in [-0.39, 0.29) is 17.8 Å². The zero-order chi connectivity index (χ0) is 19.9. The third-order valence-corrected chi connectivity index (χ3v) is 4.79. The number of cyclic esters (lactones) is 1. The maximum absolute atomic E-state index is 13.2. The van der Waals surface area contributed by atoms with E-state index in [2.05, 4.69) is 6.92 Å². The summed E-state index contributed by atoms with van der Waals surface area (Å²) >= 11 is 0. The van der Waals surface area contributed by atoms with Gasteiger partial charge in [0.05, 0.1) is 6.54 Å². The molecule has 0 bridgehead atoms. The number of hydrogen-bond acceptors (Lipinski definition) is 3. The number of rotatable bonds is 8. The predicted molar refractivity (Wildman–Crippen MR) is 106 cm³/mol. The highest BCUT2D eigenvalue weighted by Gasteiger charge is 2.24. The van der Waals surface area contributed by atoms with Crippen molar-refractivity contribution in [1.82, 2.24) is 4.90 Å².